The molecule has 1 amide bonds. The van der Waals surface area contributed by atoms with Gasteiger partial charge >= 0.3 is 0 Å². The molecular formula is C11H13ClN2O3S. The molecule has 18 heavy (non-hydrogen) atoms. The Morgan fingerprint density at radius 2 is 1.89 bits per heavy atom. The van der Waals surface area contributed by atoms with E-state index in [-0.39, 0.29) is 22.4 Å². The molecule has 0 bridgehead atoms. The number of carbonyl (C=O) groups excluding carboxylic acids is 1. The van der Waals surface area contributed by atoms with Gasteiger partial charge in [0, 0.05) is 24.2 Å². The fraction of sp³-hybridized carbons (Fsp3) is 0.182. The van der Waals surface area contributed by atoms with E-state index in [4.69, 9.17) is 11.6 Å². The summed E-state index contributed by atoms with van der Waals surface area (Å²) in [6.45, 7) is 4.73. The van der Waals surface area contributed by atoms with Crippen molar-refractivity contribution in [2.75, 3.05) is 11.9 Å². The normalized spacial score (nSPS) is 11.0. The van der Waals surface area contributed by atoms with Gasteiger partial charge in [-0.15, -0.1) is 0 Å². The van der Waals surface area contributed by atoms with Crippen molar-refractivity contribution in [2.45, 2.75) is 11.8 Å². The first kappa shape index (κ1) is 14.7. The highest BCUT2D eigenvalue weighted by molar-refractivity contribution is 7.89. The third-order valence-electron chi connectivity index (χ3n) is 1.94. The predicted octanol–water partition coefficient (Wildman–Crippen LogP) is 1.68. The maximum Gasteiger partial charge on any atom is 0.240 e. The Morgan fingerprint density at radius 3 is 2.33 bits per heavy atom. The number of halogens is 1. The molecule has 0 aliphatic carbocycles. The summed E-state index contributed by atoms with van der Waals surface area (Å²) < 4.78 is 25.8. The summed E-state index contributed by atoms with van der Waals surface area (Å²) in [5, 5.41) is 2.75. The highest BCUT2D eigenvalue weighted by Gasteiger charge is 2.13. The second-order valence-corrected chi connectivity index (χ2v) is 5.85. The van der Waals surface area contributed by atoms with Crippen LogP contribution in [0.25, 0.3) is 0 Å². The maximum absolute atomic E-state index is 11.8. The third kappa shape index (κ3) is 4.48. The molecule has 1 aromatic carbocycles. The molecule has 0 saturated carbocycles. The molecule has 5 nitrogen and oxygen atoms in total. The molecule has 0 aromatic heterocycles. The van der Waals surface area contributed by atoms with Crippen molar-refractivity contribution in [3.05, 3.63) is 35.9 Å². The number of sulfonamides is 1. The van der Waals surface area contributed by atoms with Gasteiger partial charge < -0.3 is 5.32 Å². The van der Waals surface area contributed by atoms with E-state index >= 15 is 0 Å². The van der Waals surface area contributed by atoms with Gasteiger partial charge in [-0.3, -0.25) is 4.79 Å². The van der Waals surface area contributed by atoms with Crippen LogP contribution in [0.3, 0.4) is 0 Å². The number of anilines is 1. The summed E-state index contributed by atoms with van der Waals surface area (Å²) in [5.74, 6) is -0.220. The average Bonchev–Trinajstić information content (AvgIpc) is 2.26. The van der Waals surface area contributed by atoms with Gasteiger partial charge in [-0.05, 0) is 24.3 Å². The minimum absolute atomic E-state index is 0.0304. The summed E-state index contributed by atoms with van der Waals surface area (Å²) in [7, 11) is -3.61. The zero-order valence-electron chi connectivity index (χ0n) is 9.73. The van der Waals surface area contributed by atoms with Gasteiger partial charge in [0.2, 0.25) is 15.9 Å². The lowest BCUT2D eigenvalue weighted by atomic mass is 10.3. The van der Waals surface area contributed by atoms with Crippen LogP contribution in [0.4, 0.5) is 5.69 Å². The predicted molar refractivity (Wildman–Crippen MR) is 70.9 cm³/mol. The minimum atomic E-state index is -3.61. The van der Waals surface area contributed by atoms with Crippen LogP contribution in [0.5, 0.6) is 0 Å². The van der Waals surface area contributed by atoms with E-state index < -0.39 is 10.0 Å². The molecule has 0 aliphatic heterocycles. The van der Waals surface area contributed by atoms with Crippen molar-refractivity contribution in [1.82, 2.24) is 4.72 Å². The molecular weight excluding hydrogens is 276 g/mol. The van der Waals surface area contributed by atoms with Gasteiger partial charge in [0.25, 0.3) is 0 Å². The van der Waals surface area contributed by atoms with E-state index in [0.717, 1.165) is 0 Å². The Hall–Kier alpha value is -1.37. The zero-order valence-corrected chi connectivity index (χ0v) is 11.3. The van der Waals surface area contributed by atoms with Gasteiger partial charge in [0.05, 0.1) is 4.90 Å². The van der Waals surface area contributed by atoms with Crippen LogP contribution in [0.15, 0.2) is 40.8 Å². The Labute approximate surface area is 111 Å². The van der Waals surface area contributed by atoms with Crippen molar-refractivity contribution in [3.63, 3.8) is 0 Å². The Bertz CT molecular complexity index is 552. The number of rotatable bonds is 5. The van der Waals surface area contributed by atoms with Gasteiger partial charge in [0.1, 0.15) is 0 Å². The summed E-state index contributed by atoms with van der Waals surface area (Å²) in [4.78, 5) is 10.9. The van der Waals surface area contributed by atoms with Crippen LogP contribution in [0.2, 0.25) is 0 Å². The monoisotopic (exact) mass is 288 g/mol. The molecule has 0 unspecified atom stereocenters. The first-order valence-corrected chi connectivity index (χ1v) is 6.88. The van der Waals surface area contributed by atoms with Gasteiger partial charge in [-0.25, -0.2) is 13.1 Å². The lowest BCUT2D eigenvalue weighted by Gasteiger charge is -2.07. The molecule has 0 atom stereocenters. The van der Waals surface area contributed by atoms with E-state index in [1.807, 2.05) is 0 Å². The molecule has 0 aliphatic rings. The number of amides is 1. The Morgan fingerprint density at radius 1 is 1.33 bits per heavy atom. The molecule has 0 spiro atoms. The first-order valence-electron chi connectivity index (χ1n) is 5.02. The number of nitrogens with one attached hydrogen (secondary N) is 2. The SMILES string of the molecule is C=C(Cl)CNS(=O)(=O)c1ccc(NC(C)=O)cc1. The van der Waals surface area contributed by atoms with Crippen LogP contribution < -0.4 is 10.0 Å². The highest BCUT2D eigenvalue weighted by atomic mass is 35.5. The number of benzene rings is 1. The van der Waals surface area contributed by atoms with Gasteiger partial charge in [-0.1, -0.05) is 18.2 Å². The molecule has 0 saturated heterocycles. The van der Waals surface area contributed by atoms with E-state index in [9.17, 15) is 13.2 Å². The van der Waals surface area contributed by atoms with E-state index in [1.165, 1.54) is 31.2 Å². The van der Waals surface area contributed by atoms with E-state index in [1.54, 1.807) is 0 Å². The largest absolute Gasteiger partial charge is 0.326 e. The standard InChI is InChI=1S/C11H13ClN2O3S/c1-8(12)7-13-18(16,17)11-5-3-10(4-6-11)14-9(2)15/h3-6,13H,1,7H2,2H3,(H,14,15). The first-order chi connectivity index (χ1) is 8.31. The molecule has 7 heteroatoms. The second-order valence-electron chi connectivity index (χ2n) is 3.55. The lowest BCUT2D eigenvalue weighted by Crippen LogP contribution is -2.24. The van der Waals surface area contributed by atoms with Crippen molar-refractivity contribution >= 4 is 33.2 Å². The molecule has 0 fully saturated rings. The number of hydrogen-bond acceptors (Lipinski definition) is 3. The fourth-order valence-corrected chi connectivity index (χ4v) is 2.35. The Balaban J connectivity index is 2.84. The Kier molecular flexibility index (Phi) is 4.89. The second kappa shape index (κ2) is 5.99. The molecule has 2 N–H and O–H groups in total. The van der Waals surface area contributed by atoms with Crippen molar-refractivity contribution in [1.29, 1.82) is 0 Å². The van der Waals surface area contributed by atoms with Crippen LogP contribution in [0.1, 0.15) is 6.92 Å². The van der Waals surface area contributed by atoms with Gasteiger partial charge in [0.15, 0.2) is 0 Å². The van der Waals surface area contributed by atoms with E-state index in [2.05, 4.69) is 16.6 Å². The van der Waals surface area contributed by atoms with Crippen LogP contribution in [0, 0.1) is 0 Å². The molecule has 1 rings (SSSR count). The van der Waals surface area contributed by atoms with Crippen LogP contribution >= 0.6 is 11.6 Å². The average molecular weight is 289 g/mol. The van der Waals surface area contributed by atoms with E-state index in [0.29, 0.717) is 5.69 Å². The van der Waals surface area contributed by atoms with Gasteiger partial charge in [-0.2, -0.15) is 0 Å². The van der Waals surface area contributed by atoms with Crippen molar-refractivity contribution in [3.8, 4) is 0 Å². The summed E-state index contributed by atoms with van der Waals surface area (Å²) in [5.41, 5.74) is 0.531. The topological polar surface area (TPSA) is 75.3 Å². The molecule has 0 radical (unpaired) electrons. The number of hydrogen-bond donors (Lipinski definition) is 2. The molecule has 98 valence electrons. The quantitative estimate of drug-likeness (QED) is 0.865. The third-order valence-corrected chi connectivity index (χ3v) is 3.49. The molecule has 1 aromatic rings. The van der Waals surface area contributed by atoms with Crippen LogP contribution in [-0.2, 0) is 14.8 Å². The van der Waals surface area contributed by atoms with Crippen molar-refractivity contribution in [2.24, 2.45) is 0 Å². The lowest BCUT2D eigenvalue weighted by molar-refractivity contribution is -0.114. The minimum Gasteiger partial charge on any atom is -0.326 e. The van der Waals surface area contributed by atoms with Crippen molar-refractivity contribution < 1.29 is 13.2 Å². The zero-order chi connectivity index (χ0) is 13.8. The highest BCUT2D eigenvalue weighted by Crippen LogP contribution is 2.14. The summed E-state index contributed by atoms with van der Waals surface area (Å²) in [6, 6.07) is 5.80. The van der Waals surface area contributed by atoms with Crippen LogP contribution in [-0.4, -0.2) is 20.9 Å². The fourth-order valence-electron chi connectivity index (χ4n) is 1.18. The smallest absolute Gasteiger partial charge is 0.240 e. The maximum atomic E-state index is 11.8. The molecule has 0 heterocycles. The summed E-state index contributed by atoms with van der Waals surface area (Å²) >= 11 is 5.48. The number of carbonyl (C=O) groups is 1. The summed E-state index contributed by atoms with van der Waals surface area (Å²) in [6.07, 6.45) is 0.